The van der Waals surface area contributed by atoms with Crippen molar-refractivity contribution in [2.45, 2.75) is 26.1 Å². The lowest BCUT2D eigenvalue weighted by molar-refractivity contribution is -0.129. The largest absolute Gasteiger partial charge is 0.494 e. The van der Waals surface area contributed by atoms with Gasteiger partial charge in [-0.2, -0.15) is 0 Å². The van der Waals surface area contributed by atoms with Gasteiger partial charge in [-0.25, -0.2) is 5.01 Å². The topological polar surface area (TPSA) is 71.0 Å². The molecule has 21 heavy (non-hydrogen) atoms. The Morgan fingerprint density at radius 1 is 1.33 bits per heavy atom. The summed E-state index contributed by atoms with van der Waals surface area (Å²) in [5.41, 5.74) is 0.919. The van der Waals surface area contributed by atoms with Gasteiger partial charge in [0, 0.05) is 13.8 Å². The number of hydrogen-bond acceptors (Lipinski definition) is 5. The van der Waals surface area contributed by atoms with Gasteiger partial charge in [0.25, 0.3) is 0 Å². The summed E-state index contributed by atoms with van der Waals surface area (Å²) < 4.78 is 5.40. The molecule has 1 atom stereocenters. The molecule has 0 saturated carbocycles. The van der Waals surface area contributed by atoms with E-state index in [1.165, 1.54) is 30.6 Å². The predicted molar refractivity (Wildman–Crippen MR) is 81.7 cm³/mol. The highest BCUT2D eigenvalue weighted by Gasteiger charge is 2.32. The molecule has 2 rings (SSSR count). The number of hydrazone groups is 1. The van der Waals surface area contributed by atoms with Crippen molar-refractivity contribution < 1.29 is 14.3 Å². The number of nitrogens with one attached hydrogen (secondary N) is 1. The molecule has 112 valence electrons. The van der Waals surface area contributed by atoms with Crippen molar-refractivity contribution in [3.63, 3.8) is 0 Å². The molecule has 0 fully saturated rings. The van der Waals surface area contributed by atoms with Crippen LogP contribution in [0.2, 0.25) is 0 Å². The van der Waals surface area contributed by atoms with E-state index in [1.807, 2.05) is 31.2 Å². The summed E-state index contributed by atoms with van der Waals surface area (Å²) in [5, 5.41) is 8.27. The maximum atomic E-state index is 11.7. The first-order valence-corrected chi connectivity index (χ1v) is 7.44. The Morgan fingerprint density at radius 2 is 2.00 bits per heavy atom. The third-order valence-corrected chi connectivity index (χ3v) is 3.83. The minimum absolute atomic E-state index is 0.179. The number of rotatable bonds is 3. The first-order chi connectivity index (χ1) is 10.0. The molecule has 2 amide bonds. The third-order valence-electron chi connectivity index (χ3n) is 2.73. The SMILES string of the molecule is CCOc1ccc([C@H]2SC(NC(C)=O)=NN2C(C)=O)cc1. The fourth-order valence-electron chi connectivity index (χ4n) is 1.87. The highest BCUT2D eigenvalue weighted by Crippen LogP contribution is 2.39. The molecule has 0 unspecified atom stereocenters. The number of ether oxygens (including phenoxy) is 1. The Morgan fingerprint density at radius 3 is 2.52 bits per heavy atom. The monoisotopic (exact) mass is 307 g/mol. The van der Waals surface area contributed by atoms with Crippen molar-refractivity contribution >= 4 is 28.7 Å². The van der Waals surface area contributed by atoms with Crippen LogP contribution in [0, 0.1) is 0 Å². The van der Waals surface area contributed by atoms with Gasteiger partial charge >= 0.3 is 0 Å². The second-order valence-corrected chi connectivity index (χ2v) is 5.49. The molecule has 1 aromatic carbocycles. The Hall–Kier alpha value is -2.02. The Labute approximate surface area is 127 Å². The molecule has 1 aromatic rings. The van der Waals surface area contributed by atoms with E-state index < -0.39 is 0 Å². The van der Waals surface area contributed by atoms with E-state index in [9.17, 15) is 9.59 Å². The lowest BCUT2D eigenvalue weighted by atomic mass is 10.2. The quantitative estimate of drug-likeness (QED) is 0.928. The number of carbonyl (C=O) groups is 2. The summed E-state index contributed by atoms with van der Waals surface area (Å²) in [7, 11) is 0. The summed E-state index contributed by atoms with van der Waals surface area (Å²) in [5.74, 6) is 0.389. The van der Waals surface area contributed by atoms with Crippen LogP contribution in [0.1, 0.15) is 31.7 Å². The fourth-order valence-corrected chi connectivity index (χ4v) is 3.01. The molecule has 1 aliphatic rings. The van der Waals surface area contributed by atoms with Crippen molar-refractivity contribution in [1.82, 2.24) is 10.3 Å². The highest BCUT2D eigenvalue weighted by atomic mass is 32.2. The molecule has 1 aliphatic heterocycles. The lowest BCUT2D eigenvalue weighted by Gasteiger charge is -2.19. The van der Waals surface area contributed by atoms with Crippen LogP contribution in [0.5, 0.6) is 5.75 Å². The summed E-state index contributed by atoms with van der Waals surface area (Å²) in [6.45, 7) is 5.38. The van der Waals surface area contributed by atoms with Crippen LogP contribution in [0.15, 0.2) is 29.4 Å². The minimum Gasteiger partial charge on any atom is -0.494 e. The third kappa shape index (κ3) is 3.75. The normalized spacial score (nSPS) is 17.4. The maximum Gasteiger partial charge on any atom is 0.241 e. The zero-order valence-electron chi connectivity index (χ0n) is 12.1. The first-order valence-electron chi connectivity index (χ1n) is 6.56. The number of nitrogens with zero attached hydrogens (tertiary/aromatic N) is 2. The molecule has 1 heterocycles. The minimum atomic E-state index is -0.278. The van der Waals surface area contributed by atoms with Gasteiger partial charge in [-0.05, 0) is 24.6 Å². The van der Waals surface area contributed by atoms with E-state index in [-0.39, 0.29) is 17.2 Å². The molecule has 0 radical (unpaired) electrons. The van der Waals surface area contributed by atoms with Crippen LogP contribution in [0.3, 0.4) is 0 Å². The first kappa shape index (κ1) is 15.4. The Kier molecular flexibility index (Phi) is 4.85. The molecular formula is C14H17N3O3S. The zero-order valence-corrected chi connectivity index (χ0v) is 12.9. The average molecular weight is 307 g/mol. The van der Waals surface area contributed by atoms with Gasteiger partial charge in [0.2, 0.25) is 11.8 Å². The summed E-state index contributed by atoms with van der Waals surface area (Å²) in [6, 6.07) is 7.50. The molecule has 7 heteroatoms. The van der Waals surface area contributed by atoms with Crippen LogP contribution in [0.4, 0.5) is 0 Å². The van der Waals surface area contributed by atoms with Crippen LogP contribution >= 0.6 is 11.8 Å². The van der Waals surface area contributed by atoms with Crippen molar-refractivity contribution in [3.05, 3.63) is 29.8 Å². The van der Waals surface area contributed by atoms with E-state index in [0.29, 0.717) is 11.8 Å². The van der Waals surface area contributed by atoms with Crippen molar-refractivity contribution in [1.29, 1.82) is 0 Å². The van der Waals surface area contributed by atoms with Crippen LogP contribution in [-0.4, -0.2) is 28.6 Å². The summed E-state index contributed by atoms with van der Waals surface area (Å²) in [6.07, 6.45) is 0. The molecule has 0 aliphatic carbocycles. The average Bonchev–Trinajstić information content (AvgIpc) is 2.83. The lowest BCUT2D eigenvalue weighted by Crippen LogP contribution is -2.25. The summed E-state index contributed by atoms with van der Waals surface area (Å²) >= 11 is 1.33. The Balaban J connectivity index is 2.18. The van der Waals surface area contributed by atoms with Crippen molar-refractivity contribution in [2.75, 3.05) is 6.61 Å². The van der Waals surface area contributed by atoms with Crippen molar-refractivity contribution in [3.8, 4) is 5.75 Å². The van der Waals surface area contributed by atoms with E-state index in [1.54, 1.807) is 0 Å². The number of benzene rings is 1. The number of thioether (sulfide) groups is 1. The molecule has 0 bridgehead atoms. The van der Waals surface area contributed by atoms with Gasteiger partial charge in [-0.15, -0.1) is 5.10 Å². The van der Waals surface area contributed by atoms with Gasteiger partial charge in [0.05, 0.1) is 6.61 Å². The van der Waals surface area contributed by atoms with Crippen LogP contribution in [0.25, 0.3) is 0 Å². The van der Waals surface area contributed by atoms with Crippen LogP contribution in [-0.2, 0) is 9.59 Å². The van der Waals surface area contributed by atoms with Gasteiger partial charge < -0.3 is 10.1 Å². The second kappa shape index (κ2) is 6.62. The number of amides is 2. The van der Waals surface area contributed by atoms with Crippen LogP contribution < -0.4 is 10.1 Å². The van der Waals surface area contributed by atoms with E-state index in [2.05, 4.69) is 10.4 Å². The van der Waals surface area contributed by atoms with E-state index in [4.69, 9.17) is 4.74 Å². The molecular weight excluding hydrogens is 290 g/mol. The smallest absolute Gasteiger partial charge is 0.241 e. The number of amidine groups is 1. The maximum absolute atomic E-state index is 11.7. The van der Waals surface area contributed by atoms with E-state index in [0.717, 1.165) is 11.3 Å². The predicted octanol–water partition coefficient (Wildman–Crippen LogP) is 2.09. The summed E-state index contributed by atoms with van der Waals surface area (Å²) in [4.78, 5) is 22.8. The Bertz CT molecular complexity index is 571. The van der Waals surface area contributed by atoms with Gasteiger partial charge in [0.15, 0.2) is 5.17 Å². The number of carbonyl (C=O) groups excluding carboxylic acids is 2. The molecule has 0 spiro atoms. The molecule has 0 saturated heterocycles. The van der Waals surface area contributed by atoms with Gasteiger partial charge in [-0.1, -0.05) is 23.9 Å². The van der Waals surface area contributed by atoms with Gasteiger partial charge in [0.1, 0.15) is 11.1 Å². The zero-order chi connectivity index (χ0) is 15.4. The fraction of sp³-hybridized carbons (Fsp3) is 0.357. The highest BCUT2D eigenvalue weighted by molar-refractivity contribution is 8.14. The second-order valence-electron chi connectivity index (χ2n) is 4.42. The van der Waals surface area contributed by atoms with E-state index >= 15 is 0 Å². The molecule has 6 nitrogen and oxygen atoms in total. The van der Waals surface area contributed by atoms with Gasteiger partial charge in [-0.3, -0.25) is 9.59 Å². The molecule has 0 aromatic heterocycles. The number of hydrogen-bond donors (Lipinski definition) is 1. The van der Waals surface area contributed by atoms with Crippen molar-refractivity contribution in [2.24, 2.45) is 5.10 Å². The standard InChI is InChI=1S/C14H17N3O3S/c1-4-20-12-7-5-11(6-8-12)13-17(10(3)19)16-14(21-13)15-9(2)18/h5-8,13H,4H2,1-3H3,(H,15,16,18)/t13-/m1/s1. The molecule has 1 N–H and O–H groups in total.